The van der Waals surface area contributed by atoms with Crippen molar-refractivity contribution in [3.63, 3.8) is 0 Å². The highest BCUT2D eigenvalue weighted by molar-refractivity contribution is 8.13. The van der Waals surface area contributed by atoms with Gasteiger partial charge in [-0.25, -0.2) is 0 Å². The van der Waals surface area contributed by atoms with E-state index in [2.05, 4.69) is 0 Å². The Morgan fingerprint density at radius 1 is 1.57 bits per heavy atom. The highest BCUT2D eigenvalue weighted by Crippen LogP contribution is 2.35. The molecular weight excluding hydrogens is 296 g/mol. The van der Waals surface area contributed by atoms with Crippen molar-refractivity contribution in [2.75, 3.05) is 17.2 Å². The van der Waals surface area contributed by atoms with Gasteiger partial charge >= 0.3 is 0 Å². The van der Waals surface area contributed by atoms with Gasteiger partial charge in [0.25, 0.3) is 5.69 Å². The molecule has 21 heavy (non-hydrogen) atoms. The molecule has 8 heteroatoms. The molecule has 1 N–H and O–H groups in total. The molecule has 2 rings (SSSR count). The number of amides is 1. The first-order chi connectivity index (χ1) is 9.88. The highest BCUT2D eigenvalue weighted by Gasteiger charge is 2.32. The minimum Gasteiger partial charge on any atom is -0.506 e. The van der Waals surface area contributed by atoms with Gasteiger partial charge in [0.05, 0.1) is 10.6 Å². The summed E-state index contributed by atoms with van der Waals surface area (Å²) in [6.07, 6.45) is 0.266. The molecule has 1 fully saturated rings. The molecule has 0 aliphatic carbocycles. The fourth-order valence-corrected chi connectivity index (χ4v) is 2.90. The maximum Gasteiger partial charge on any atom is 0.271 e. The van der Waals surface area contributed by atoms with Crippen LogP contribution in [0.3, 0.4) is 0 Å². The van der Waals surface area contributed by atoms with Crippen LogP contribution in [0.2, 0.25) is 0 Å². The van der Waals surface area contributed by atoms with Crippen molar-refractivity contribution in [1.29, 1.82) is 0 Å². The number of nitro benzene ring substituents is 1. The Kier molecular flexibility index (Phi) is 4.46. The van der Waals surface area contributed by atoms with E-state index in [9.17, 15) is 24.8 Å². The lowest BCUT2D eigenvalue weighted by Crippen LogP contribution is -2.25. The van der Waals surface area contributed by atoms with Gasteiger partial charge in [-0.15, -0.1) is 0 Å². The Labute approximate surface area is 125 Å². The fourth-order valence-electron chi connectivity index (χ4n) is 2.20. The molecule has 0 saturated carbocycles. The summed E-state index contributed by atoms with van der Waals surface area (Å²) in [5, 5.41) is 20.6. The lowest BCUT2D eigenvalue weighted by atomic mass is 10.1. The minimum atomic E-state index is -0.577. The number of rotatable bonds is 4. The largest absolute Gasteiger partial charge is 0.506 e. The van der Waals surface area contributed by atoms with Gasteiger partial charge in [-0.05, 0) is 12.0 Å². The van der Waals surface area contributed by atoms with E-state index in [1.54, 1.807) is 0 Å². The van der Waals surface area contributed by atoms with Crippen LogP contribution in [-0.4, -0.2) is 33.3 Å². The smallest absolute Gasteiger partial charge is 0.271 e. The van der Waals surface area contributed by atoms with Gasteiger partial charge in [0, 0.05) is 37.8 Å². The molecule has 0 aromatic heterocycles. The third-order valence-electron chi connectivity index (χ3n) is 3.19. The highest BCUT2D eigenvalue weighted by atomic mass is 32.2. The van der Waals surface area contributed by atoms with E-state index in [1.165, 1.54) is 30.0 Å². The van der Waals surface area contributed by atoms with Crippen molar-refractivity contribution in [3.05, 3.63) is 28.3 Å². The lowest BCUT2D eigenvalue weighted by Gasteiger charge is -2.17. The average Bonchev–Trinajstić information content (AvgIpc) is 2.78. The molecule has 1 aliphatic heterocycles. The Morgan fingerprint density at radius 3 is 2.90 bits per heavy atom. The van der Waals surface area contributed by atoms with E-state index in [0.717, 1.165) is 11.8 Å². The third kappa shape index (κ3) is 3.52. The number of aromatic hydroxyl groups is 1. The summed E-state index contributed by atoms with van der Waals surface area (Å²) in [4.78, 5) is 34.5. The lowest BCUT2D eigenvalue weighted by molar-refractivity contribution is -0.384. The topological polar surface area (TPSA) is 101 Å². The van der Waals surface area contributed by atoms with Crippen LogP contribution in [0, 0.1) is 16.0 Å². The van der Waals surface area contributed by atoms with Crippen LogP contribution < -0.4 is 4.90 Å². The number of benzene rings is 1. The summed E-state index contributed by atoms with van der Waals surface area (Å²) in [6.45, 7) is 1.80. The zero-order chi connectivity index (χ0) is 15.6. The standard InChI is InChI=1S/C13H14N2O5S/c1-8(16)21-7-9-4-13(18)14(6-9)11-5-10(15(19)20)2-3-12(11)17/h2-3,5,9,17H,4,6-7H2,1H3. The van der Waals surface area contributed by atoms with Gasteiger partial charge in [0.2, 0.25) is 5.91 Å². The van der Waals surface area contributed by atoms with E-state index >= 15 is 0 Å². The van der Waals surface area contributed by atoms with E-state index in [0.29, 0.717) is 12.3 Å². The maximum atomic E-state index is 12.0. The molecule has 1 aromatic carbocycles. The molecule has 1 heterocycles. The van der Waals surface area contributed by atoms with Crippen molar-refractivity contribution in [2.24, 2.45) is 5.92 Å². The van der Waals surface area contributed by atoms with Crippen molar-refractivity contribution < 1.29 is 19.6 Å². The number of phenolic OH excluding ortho intramolecular Hbond substituents is 1. The zero-order valence-electron chi connectivity index (χ0n) is 11.3. The number of thioether (sulfide) groups is 1. The SMILES string of the molecule is CC(=O)SCC1CC(=O)N(c2cc([N+](=O)[O-])ccc2O)C1. The number of phenols is 1. The number of anilines is 1. The van der Waals surface area contributed by atoms with Gasteiger partial charge in [-0.3, -0.25) is 19.7 Å². The van der Waals surface area contributed by atoms with Crippen LogP contribution >= 0.6 is 11.8 Å². The number of nitrogens with zero attached hydrogens (tertiary/aromatic N) is 2. The van der Waals surface area contributed by atoms with E-state index in [1.807, 2.05) is 0 Å². The number of carbonyl (C=O) groups is 2. The van der Waals surface area contributed by atoms with Crippen LogP contribution in [0.25, 0.3) is 0 Å². The van der Waals surface area contributed by atoms with Gasteiger partial charge in [0.1, 0.15) is 5.75 Å². The predicted octanol–water partition coefficient (Wildman–Crippen LogP) is 1.93. The van der Waals surface area contributed by atoms with Crippen LogP contribution in [0.15, 0.2) is 18.2 Å². The number of nitro groups is 1. The molecular formula is C13H14N2O5S. The minimum absolute atomic E-state index is 0.00920. The summed E-state index contributed by atoms with van der Waals surface area (Å²) in [7, 11) is 0. The Morgan fingerprint density at radius 2 is 2.29 bits per heavy atom. The predicted molar refractivity (Wildman–Crippen MR) is 78.4 cm³/mol. The molecule has 1 unspecified atom stereocenters. The number of non-ortho nitro benzene ring substituents is 1. The third-order valence-corrected chi connectivity index (χ3v) is 4.23. The second kappa shape index (κ2) is 6.13. The van der Waals surface area contributed by atoms with E-state index < -0.39 is 4.92 Å². The van der Waals surface area contributed by atoms with Gasteiger partial charge in [-0.1, -0.05) is 11.8 Å². The second-order valence-electron chi connectivity index (χ2n) is 4.81. The summed E-state index contributed by atoms with van der Waals surface area (Å²) in [5.41, 5.74) is -0.0401. The molecule has 1 amide bonds. The van der Waals surface area contributed by atoms with E-state index in [-0.39, 0.29) is 40.5 Å². The summed E-state index contributed by atoms with van der Waals surface area (Å²) < 4.78 is 0. The molecule has 0 spiro atoms. The molecule has 0 bridgehead atoms. The Balaban J connectivity index is 2.18. The number of hydrogen-bond donors (Lipinski definition) is 1. The molecule has 7 nitrogen and oxygen atoms in total. The normalized spacial score (nSPS) is 18.0. The van der Waals surface area contributed by atoms with Gasteiger partial charge in [0.15, 0.2) is 5.12 Å². The number of hydrogen-bond acceptors (Lipinski definition) is 6. The summed E-state index contributed by atoms with van der Waals surface area (Å²) >= 11 is 1.15. The summed E-state index contributed by atoms with van der Waals surface area (Å²) in [6, 6.07) is 3.58. The Bertz CT molecular complexity index is 604. The van der Waals surface area contributed by atoms with Crippen LogP contribution in [0.1, 0.15) is 13.3 Å². The second-order valence-corrected chi connectivity index (χ2v) is 6.00. The molecule has 1 atom stereocenters. The fraction of sp³-hybridized carbons (Fsp3) is 0.385. The average molecular weight is 310 g/mol. The molecule has 0 radical (unpaired) electrons. The summed E-state index contributed by atoms with van der Waals surface area (Å²) in [5.74, 6) is 0.131. The molecule has 1 saturated heterocycles. The quantitative estimate of drug-likeness (QED) is 0.673. The monoisotopic (exact) mass is 310 g/mol. The van der Waals surface area contributed by atoms with Crippen molar-refractivity contribution >= 4 is 34.2 Å². The first kappa shape index (κ1) is 15.3. The van der Waals surface area contributed by atoms with Crippen LogP contribution in [0.4, 0.5) is 11.4 Å². The van der Waals surface area contributed by atoms with Crippen molar-refractivity contribution in [3.8, 4) is 5.75 Å². The maximum absolute atomic E-state index is 12.0. The zero-order valence-corrected chi connectivity index (χ0v) is 12.1. The first-order valence-corrected chi connectivity index (χ1v) is 7.28. The Hall–Kier alpha value is -2.09. The van der Waals surface area contributed by atoms with Crippen molar-refractivity contribution in [2.45, 2.75) is 13.3 Å². The molecule has 112 valence electrons. The van der Waals surface area contributed by atoms with Crippen LogP contribution in [-0.2, 0) is 9.59 Å². The van der Waals surface area contributed by atoms with E-state index in [4.69, 9.17) is 0 Å². The number of carbonyl (C=O) groups excluding carboxylic acids is 2. The molecule has 1 aliphatic rings. The van der Waals surface area contributed by atoms with Gasteiger partial charge in [-0.2, -0.15) is 0 Å². The van der Waals surface area contributed by atoms with Gasteiger partial charge < -0.3 is 10.0 Å². The molecule has 1 aromatic rings. The van der Waals surface area contributed by atoms with Crippen LogP contribution in [0.5, 0.6) is 5.75 Å². The van der Waals surface area contributed by atoms with Crippen molar-refractivity contribution in [1.82, 2.24) is 0 Å². The first-order valence-electron chi connectivity index (χ1n) is 6.29.